The molecule has 0 saturated heterocycles. The number of furan rings is 1. The van der Waals surface area contributed by atoms with Crippen molar-refractivity contribution in [3.63, 3.8) is 0 Å². The van der Waals surface area contributed by atoms with E-state index in [4.69, 9.17) is 13.9 Å². The van der Waals surface area contributed by atoms with Gasteiger partial charge in [-0.1, -0.05) is 18.9 Å². The fraction of sp³-hybridized carbons (Fsp3) is 0.321. The molecule has 4 aromatic heterocycles. The number of pyridine rings is 2. The van der Waals surface area contributed by atoms with Crippen LogP contribution in [0.15, 0.2) is 70.3 Å². The second-order valence-electron chi connectivity index (χ2n) is 10.2. The van der Waals surface area contributed by atoms with Crippen LogP contribution in [-0.2, 0) is 13.1 Å². The molecule has 1 fully saturated rings. The van der Waals surface area contributed by atoms with Crippen LogP contribution in [0.5, 0.6) is 11.5 Å². The molecular formula is C28H28N7O4+. The van der Waals surface area contributed by atoms with Gasteiger partial charge in [-0.3, -0.25) is 9.78 Å². The summed E-state index contributed by atoms with van der Waals surface area (Å²) in [6.45, 7) is 1.26. The molecule has 0 radical (unpaired) electrons. The number of rotatable bonds is 8. The molecule has 1 saturated carbocycles. The Morgan fingerprint density at radius 3 is 2.74 bits per heavy atom. The highest BCUT2D eigenvalue weighted by molar-refractivity contribution is 5.83. The van der Waals surface area contributed by atoms with Gasteiger partial charge in [0.2, 0.25) is 12.6 Å². The third-order valence-electron chi connectivity index (χ3n) is 7.67. The topological polar surface area (TPSA) is 125 Å². The van der Waals surface area contributed by atoms with Gasteiger partial charge in [0.25, 0.3) is 5.56 Å². The highest BCUT2D eigenvalue weighted by Gasteiger charge is 2.37. The van der Waals surface area contributed by atoms with Gasteiger partial charge in [-0.15, -0.1) is 5.10 Å². The van der Waals surface area contributed by atoms with E-state index in [-0.39, 0.29) is 18.4 Å². The van der Waals surface area contributed by atoms with Crippen molar-refractivity contribution in [3.8, 4) is 11.5 Å². The van der Waals surface area contributed by atoms with Crippen molar-refractivity contribution in [3.05, 3.63) is 94.2 Å². The van der Waals surface area contributed by atoms with E-state index in [0.29, 0.717) is 41.5 Å². The molecule has 1 unspecified atom stereocenters. The average Bonchev–Trinajstić information content (AvgIpc) is 3.77. The first-order chi connectivity index (χ1) is 19.2. The molecule has 5 aromatic rings. The number of benzene rings is 1. The lowest BCUT2D eigenvalue weighted by Crippen LogP contribution is -3.10. The summed E-state index contributed by atoms with van der Waals surface area (Å²) in [5.41, 5.74) is 2.09. The molecule has 2 aliphatic rings. The standard InChI is InChI=1S/C28H27N7O4/c36-28-22(11-19-12-24-25(39-17-38-24)13-23(19)30-28)26(27-31-32-33-35(27)20-6-1-2-7-20)34(16-21-8-4-10-37-21)15-18-5-3-9-29-14-18/h3-5,8-14,20,26H,1-2,6-7,15-17H2,(H,30,36)/p+1/t26-/m0/s1. The van der Waals surface area contributed by atoms with Gasteiger partial charge in [0.15, 0.2) is 23.3 Å². The zero-order chi connectivity index (χ0) is 26.2. The molecular weight excluding hydrogens is 498 g/mol. The highest BCUT2D eigenvalue weighted by atomic mass is 16.7. The monoisotopic (exact) mass is 526 g/mol. The van der Waals surface area contributed by atoms with Crippen LogP contribution in [0.2, 0.25) is 0 Å². The summed E-state index contributed by atoms with van der Waals surface area (Å²) in [4.78, 5) is 22.3. The van der Waals surface area contributed by atoms with Gasteiger partial charge >= 0.3 is 0 Å². The number of hydrogen-bond acceptors (Lipinski definition) is 8. The smallest absolute Gasteiger partial charge is 0.258 e. The van der Waals surface area contributed by atoms with Crippen LogP contribution < -0.4 is 19.9 Å². The molecule has 11 nitrogen and oxygen atoms in total. The quantitative estimate of drug-likeness (QED) is 0.316. The maximum Gasteiger partial charge on any atom is 0.258 e. The number of aromatic amines is 1. The van der Waals surface area contributed by atoms with Crippen molar-refractivity contribution in [2.75, 3.05) is 6.79 Å². The zero-order valence-electron chi connectivity index (χ0n) is 21.2. The minimum atomic E-state index is -0.482. The molecule has 7 rings (SSSR count). The van der Waals surface area contributed by atoms with Crippen molar-refractivity contribution in [2.45, 2.75) is 50.9 Å². The summed E-state index contributed by atoms with van der Waals surface area (Å²) in [5.74, 6) is 2.74. The van der Waals surface area contributed by atoms with E-state index in [9.17, 15) is 4.79 Å². The Morgan fingerprint density at radius 2 is 1.95 bits per heavy atom. The molecule has 0 bridgehead atoms. The molecule has 1 aliphatic heterocycles. The molecule has 2 atom stereocenters. The highest BCUT2D eigenvalue weighted by Crippen LogP contribution is 2.36. The van der Waals surface area contributed by atoms with Crippen LogP contribution in [-0.4, -0.2) is 37.0 Å². The van der Waals surface area contributed by atoms with Gasteiger partial charge in [-0.05, 0) is 53.6 Å². The first kappa shape index (κ1) is 23.6. The summed E-state index contributed by atoms with van der Waals surface area (Å²) in [6.07, 6.45) is 9.57. The normalized spacial score (nSPS) is 16.6. The minimum absolute atomic E-state index is 0.160. The first-order valence-corrected chi connectivity index (χ1v) is 13.2. The van der Waals surface area contributed by atoms with Gasteiger partial charge in [0, 0.05) is 29.4 Å². The largest absolute Gasteiger partial charge is 0.463 e. The third kappa shape index (κ3) is 4.54. The van der Waals surface area contributed by atoms with Crippen molar-refractivity contribution >= 4 is 10.9 Å². The van der Waals surface area contributed by atoms with Crippen molar-refractivity contribution in [1.82, 2.24) is 30.2 Å². The first-order valence-electron chi connectivity index (χ1n) is 13.2. The van der Waals surface area contributed by atoms with Crippen LogP contribution in [0.25, 0.3) is 10.9 Å². The molecule has 11 heteroatoms. The lowest BCUT2D eigenvalue weighted by molar-refractivity contribution is -0.954. The maximum absolute atomic E-state index is 13.8. The molecule has 1 aliphatic carbocycles. The summed E-state index contributed by atoms with van der Waals surface area (Å²) >= 11 is 0. The SMILES string of the molecule is O=c1[nH]c2cc3c(cc2cc1[C@@H](c1nnnn1C1CCCC1)[NH+](Cc1cccnc1)Cc1ccco1)OCO3. The Hall–Kier alpha value is -4.51. The van der Waals surface area contributed by atoms with E-state index in [1.54, 1.807) is 12.5 Å². The molecule has 2 N–H and O–H groups in total. The lowest BCUT2D eigenvalue weighted by Gasteiger charge is -2.28. The molecule has 198 valence electrons. The predicted molar refractivity (Wildman–Crippen MR) is 139 cm³/mol. The number of ether oxygens (including phenoxy) is 2. The summed E-state index contributed by atoms with van der Waals surface area (Å²) in [6, 6.07) is 13.1. The van der Waals surface area contributed by atoms with Gasteiger partial charge in [0.05, 0.1) is 23.4 Å². The maximum atomic E-state index is 13.8. The molecule has 1 aromatic carbocycles. The van der Waals surface area contributed by atoms with Crippen LogP contribution in [0.1, 0.15) is 60.5 Å². The second-order valence-corrected chi connectivity index (χ2v) is 10.2. The summed E-state index contributed by atoms with van der Waals surface area (Å²) in [5, 5.41) is 13.9. The van der Waals surface area contributed by atoms with Gasteiger partial charge in [-0.2, -0.15) is 0 Å². The van der Waals surface area contributed by atoms with E-state index < -0.39 is 6.04 Å². The van der Waals surface area contributed by atoms with Crippen LogP contribution in [0.3, 0.4) is 0 Å². The Balaban J connectivity index is 1.40. The van der Waals surface area contributed by atoms with E-state index in [1.165, 1.54) is 0 Å². The van der Waals surface area contributed by atoms with Crippen molar-refractivity contribution < 1.29 is 18.8 Å². The fourth-order valence-corrected chi connectivity index (χ4v) is 5.84. The Bertz CT molecular complexity index is 1640. The predicted octanol–water partition coefficient (Wildman–Crippen LogP) is 2.72. The van der Waals surface area contributed by atoms with E-state index in [1.807, 2.05) is 53.3 Å². The zero-order valence-corrected chi connectivity index (χ0v) is 21.2. The Labute approximate surface area is 223 Å². The van der Waals surface area contributed by atoms with Crippen LogP contribution in [0, 0.1) is 0 Å². The lowest BCUT2D eigenvalue weighted by atomic mass is 10.0. The molecule has 0 spiro atoms. The Kier molecular flexibility index (Phi) is 6.04. The average molecular weight is 527 g/mol. The van der Waals surface area contributed by atoms with Crippen LogP contribution in [0.4, 0.5) is 0 Å². The van der Waals surface area contributed by atoms with E-state index in [0.717, 1.165) is 47.3 Å². The number of aromatic nitrogens is 6. The van der Waals surface area contributed by atoms with E-state index in [2.05, 4.69) is 25.5 Å². The minimum Gasteiger partial charge on any atom is -0.463 e. The number of H-pyrrole nitrogens is 1. The number of quaternary nitrogens is 1. The number of hydrogen-bond donors (Lipinski definition) is 2. The Morgan fingerprint density at radius 1 is 1.08 bits per heavy atom. The second kappa shape index (κ2) is 9.99. The third-order valence-corrected chi connectivity index (χ3v) is 7.67. The molecule has 0 amide bonds. The molecule has 5 heterocycles. The number of nitrogens with zero attached hydrogens (tertiary/aromatic N) is 5. The summed E-state index contributed by atoms with van der Waals surface area (Å²) in [7, 11) is 0. The fourth-order valence-electron chi connectivity index (χ4n) is 5.84. The number of fused-ring (bicyclic) bond motifs is 2. The summed E-state index contributed by atoms with van der Waals surface area (Å²) < 4.78 is 18.9. The molecule has 39 heavy (non-hydrogen) atoms. The van der Waals surface area contributed by atoms with Gasteiger partial charge < -0.3 is 23.8 Å². The van der Waals surface area contributed by atoms with Gasteiger partial charge in [0.1, 0.15) is 13.1 Å². The van der Waals surface area contributed by atoms with Gasteiger partial charge in [-0.25, -0.2) is 4.68 Å². The van der Waals surface area contributed by atoms with Crippen molar-refractivity contribution in [1.29, 1.82) is 0 Å². The number of nitrogens with one attached hydrogen (secondary N) is 2. The van der Waals surface area contributed by atoms with E-state index >= 15 is 0 Å². The van der Waals surface area contributed by atoms with Crippen LogP contribution >= 0.6 is 0 Å². The van der Waals surface area contributed by atoms with Crippen molar-refractivity contribution in [2.24, 2.45) is 0 Å². The number of tetrazole rings is 1.